The average Bonchev–Trinajstić information content (AvgIpc) is 2.46. The van der Waals surface area contributed by atoms with Crippen molar-refractivity contribution in [3.63, 3.8) is 0 Å². The summed E-state index contributed by atoms with van der Waals surface area (Å²) in [5.74, 6) is -0.0655. The number of piperazine rings is 1. The molecule has 1 unspecified atom stereocenters. The summed E-state index contributed by atoms with van der Waals surface area (Å²) in [4.78, 5) is 10.2. The van der Waals surface area contributed by atoms with E-state index in [-0.39, 0.29) is 22.4 Å². The van der Waals surface area contributed by atoms with Crippen LogP contribution in [0.3, 0.4) is 0 Å². The summed E-state index contributed by atoms with van der Waals surface area (Å²) in [6.45, 7) is 3.20. The Bertz CT molecular complexity index is 646. The van der Waals surface area contributed by atoms with Crippen LogP contribution in [0, 0.1) is 10.1 Å². The summed E-state index contributed by atoms with van der Waals surface area (Å²) in [6, 6.07) is 3.65. The fourth-order valence-corrected chi connectivity index (χ4v) is 3.78. The van der Waals surface area contributed by atoms with Gasteiger partial charge in [-0.1, -0.05) is 0 Å². The van der Waals surface area contributed by atoms with E-state index in [4.69, 9.17) is 4.74 Å². The van der Waals surface area contributed by atoms with Gasteiger partial charge >= 0.3 is 5.69 Å². The zero-order chi connectivity index (χ0) is 15.6. The number of benzene rings is 1. The van der Waals surface area contributed by atoms with Crippen molar-refractivity contribution in [2.45, 2.75) is 17.9 Å². The fraction of sp³-hybridized carbons (Fsp3) is 0.500. The number of hydrogen-bond acceptors (Lipinski definition) is 6. The fourth-order valence-electron chi connectivity index (χ4n) is 2.23. The molecule has 0 saturated carbocycles. The lowest BCUT2D eigenvalue weighted by molar-refractivity contribution is -0.385. The second-order valence-electron chi connectivity index (χ2n) is 4.81. The second-order valence-corrected chi connectivity index (χ2v) is 6.75. The van der Waals surface area contributed by atoms with Crippen molar-refractivity contribution in [2.75, 3.05) is 26.7 Å². The van der Waals surface area contributed by atoms with E-state index in [1.807, 2.05) is 6.92 Å². The highest BCUT2D eigenvalue weighted by Gasteiger charge is 2.30. The van der Waals surface area contributed by atoms with Gasteiger partial charge in [-0.3, -0.25) is 10.1 Å². The normalized spacial score (nSPS) is 20.2. The van der Waals surface area contributed by atoms with Gasteiger partial charge in [-0.25, -0.2) is 8.42 Å². The Kier molecular flexibility index (Phi) is 4.45. The molecule has 116 valence electrons. The first-order chi connectivity index (χ1) is 9.86. The highest BCUT2D eigenvalue weighted by Crippen LogP contribution is 2.30. The second kappa shape index (κ2) is 5.96. The van der Waals surface area contributed by atoms with E-state index in [1.165, 1.54) is 23.5 Å². The lowest BCUT2D eigenvalue weighted by Crippen LogP contribution is -2.51. The maximum absolute atomic E-state index is 12.6. The third-order valence-electron chi connectivity index (χ3n) is 3.32. The van der Waals surface area contributed by atoms with Gasteiger partial charge in [0.2, 0.25) is 10.0 Å². The van der Waals surface area contributed by atoms with Crippen LogP contribution in [0.4, 0.5) is 5.69 Å². The Morgan fingerprint density at radius 2 is 2.19 bits per heavy atom. The van der Waals surface area contributed by atoms with Crippen molar-refractivity contribution in [3.8, 4) is 5.75 Å². The van der Waals surface area contributed by atoms with Gasteiger partial charge in [0.15, 0.2) is 5.75 Å². The van der Waals surface area contributed by atoms with Gasteiger partial charge in [0.1, 0.15) is 0 Å². The van der Waals surface area contributed by atoms with Crippen molar-refractivity contribution in [1.29, 1.82) is 0 Å². The van der Waals surface area contributed by atoms with Gasteiger partial charge in [-0.2, -0.15) is 4.31 Å². The summed E-state index contributed by atoms with van der Waals surface area (Å²) in [5, 5.41) is 14.0. The Balaban J connectivity index is 2.38. The predicted octanol–water partition coefficient (Wildman–Crippen LogP) is 0.586. The summed E-state index contributed by atoms with van der Waals surface area (Å²) < 4.78 is 31.4. The van der Waals surface area contributed by atoms with E-state index in [0.717, 1.165) is 6.07 Å². The topological polar surface area (TPSA) is 102 Å². The first-order valence-electron chi connectivity index (χ1n) is 6.42. The number of ether oxygens (including phenoxy) is 1. The zero-order valence-electron chi connectivity index (χ0n) is 11.8. The molecule has 0 radical (unpaired) electrons. The molecule has 1 aliphatic heterocycles. The van der Waals surface area contributed by atoms with Gasteiger partial charge in [0.05, 0.1) is 16.9 Å². The molecule has 2 rings (SSSR count). The minimum Gasteiger partial charge on any atom is -0.490 e. The smallest absolute Gasteiger partial charge is 0.310 e. The number of hydrogen-bond donors (Lipinski definition) is 1. The molecule has 0 bridgehead atoms. The van der Waals surface area contributed by atoms with Crippen molar-refractivity contribution in [3.05, 3.63) is 28.3 Å². The molecule has 8 nitrogen and oxygen atoms in total. The predicted molar refractivity (Wildman–Crippen MR) is 75.9 cm³/mol. The molecular weight excluding hydrogens is 298 g/mol. The maximum Gasteiger partial charge on any atom is 0.310 e. The third kappa shape index (κ3) is 3.14. The Hall–Kier alpha value is -1.71. The van der Waals surface area contributed by atoms with Gasteiger partial charge < -0.3 is 10.1 Å². The maximum atomic E-state index is 12.6. The van der Waals surface area contributed by atoms with Crippen LogP contribution in [0.15, 0.2) is 23.1 Å². The summed E-state index contributed by atoms with van der Waals surface area (Å²) in [7, 11) is -2.41. The first kappa shape index (κ1) is 15.7. The number of nitro benzene ring substituents is 1. The molecule has 1 aromatic carbocycles. The Labute approximate surface area is 122 Å². The van der Waals surface area contributed by atoms with Gasteiger partial charge in [0, 0.05) is 37.8 Å². The minimum absolute atomic E-state index is 0.000880. The van der Waals surface area contributed by atoms with Crippen LogP contribution in [0.5, 0.6) is 5.75 Å². The number of sulfonamides is 1. The van der Waals surface area contributed by atoms with E-state index in [2.05, 4.69) is 5.32 Å². The van der Waals surface area contributed by atoms with Crippen LogP contribution in [0.1, 0.15) is 6.92 Å². The van der Waals surface area contributed by atoms with E-state index >= 15 is 0 Å². The largest absolute Gasteiger partial charge is 0.490 e. The molecule has 0 aliphatic carbocycles. The zero-order valence-corrected chi connectivity index (χ0v) is 12.6. The molecule has 9 heteroatoms. The van der Waals surface area contributed by atoms with E-state index in [0.29, 0.717) is 19.6 Å². The van der Waals surface area contributed by atoms with Crippen LogP contribution < -0.4 is 10.1 Å². The number of nitro groups is 1. The molecule has 1 aliphatic rings. The quantitative estimate of drug-likeness (QED) is 0.644. The Morgan fingerprint density at radius 1 is 1.48 bits per heavy atom. The number of nitrogens with one attached hydrogen (secondary N) is 1. The van der Waals surface area contributed by atoms with Crippen molar-refractivity contribution < 1.29 is 18.1 Å². The van der Waals surface area contributed by atoms with Gasteiger partial charge in [-0.15, -0.1) is 0 Å². The van der Waals surface area contributed by atoms with Crippen LogP contribution >= 0.6 is 0 Å². The van der Waals surface area contributed by atoms with Crippen LogP contribution in [-0.4, -0.2) is 50.4 Å². The van der Waals surface area contributed by atoms with Crippen LogP contribution in [0.25, 0.3) is 0 Å². The molecule has 1 saturated heterocycles. The third-order valence-corrected chi connectivity index (χ3v) is 5.18. The molecule has 0 aromatic heterocycles. The van der Waals surface area contributed by atoms with Crippen molar-refractivity contribution >= 4 is 15.7 Å². The first-order valence-corrected chi connectivity index (χ1v) is 7.86. The number of rotatable bonds is 4. The van der Waals surface area contributed by atoms with Gasteiger partial charge in [0.25, 0.3) is 0 Å². The molecule has 1 N–H and O–H groups in total. The minimum atomic E-state index is -3.68. The lowest BCUT2D eigenvalue weighted by atomic mass is 10.3. The standard InChI is InChI=1S/C12H17N3O5S/c1-9-8-14(6-5-13-9)21(18,19)10-3-4-11(15(16)17)12(7-10)20-2/h3-4,7,9,13H,5-6,8H2,1-2H3. The van der Waals surface area contributed by atoms with E-state index < -0.39 is 14.9 Å². The van der Waals surface area contributed by atoms with Crippen LogP contribution in [0.2, 0.25) is 0 Å². The SMILES string of the molecule is COc1cc(S(=O)(=O)N2CCNC(C)C2)ccc1[N+](=O)[O-]. The highest BCUT2D eigenvalue weighted by molar-refractivity contribution is 7.89. The molecular formula is C12H17N3O5S. The molecule has 1 aromatic rings. The van der Waals surface area contributed by atoms with Crippen LogP contribution in [-0.2, 0) is 10.0 Å². The summed E-state index contributed by atoms with van der Waals surface area (Å²) in [5.41, 5.74) is -0.259. The molecule has 21 heavy (non-hydrogen) atoms. The molecule has 1 fully saturated rings. The monoisotopic (exact) mass is 315 g/mol. The molecule has 1 heterocycles. The van der Waals surface area contributed by atoms with Crippen molar-refractivity contribution in [2.24, 2.45) is 0 Å². The number of nitrogens with zero attached hydrogens (tertiary/aromatic N) is 2. The summed E-state index contributed by atoms with van der Waals surface area (Å²) >= 11 is 0. The summed E-state index contributed by atoms with van der Waals surface area (Å²) in [6.07, 6.45) is 0. The lowest BCUT2D eigenvalue weighted by Gasteiger charge is -2.31. The Morgan fingerprint density at radius 3 is 2.76 bits per heavy atom. The van der Waals surface area contributed by atoms with E-state index in [9.17, 15) is 18.5 Å². The molecule has 0 amide bonds. The van der Waals surface area contributed by atoms with Gasteiger partial charge in [-0.05, 0) is 13.0 Å². The average molecular weight is 315 g/mol. The molecule has 1 atom stereocenters. The van der Waals surface area contributed by atoms with Crippen molar-refractivity contribution in [1.82, 2.24) is 9.62 Å². The van der Waals surface area contributed by atoms with E-state index in [1.54, 1.807) is 0 Å². The molecule has 0 spiro atoms. The number of methoxy groups -OCH3 is 1. The highest BCUT2D eigenvalue weighted by atomic mass is 32.2.